The summed E-state index contributed by atoms with van der Waals surface area (Å²) in [5.41, 5.74) is 3.49. The zero-order chi connectivity index (χ0) is 22.0. The first-order valence-corrected chi connectivity index (χ1v) is 10.0. The Labute approximate surface area is 177 Å². The standard InChI is InChI=1S/C22H30N4O4/c1-22(2,3)30-21(28)23-13-7-5-6-8-20(27)26-24-15-17-10-9-16-14-18(29-4)11-12-19(16)25-17/h9-12,14-15H,5-8,13H2,1-4H3,(H,23,28)(H,26,27)/b24-15-. The van der Waals surface area contributed by atoms with Crippen molar-refractivity contribution in [1.82, 2.24) is 15.7 Å². The van der Waals surface area contributed by atoms with Crippen LogP contribution in [0.1, 0.15) is 52.1 Å². The van der Waals surface area contributed by atoms with E-state index in [2.05, 4.69) is 20.8 Å². The molecular formula is C22H30N4O4. The number of alkyl carbamates (subject to hydrolysis) is 1. The molecule has 0 saturated heterocycles. The van der Waals surface area contributed by atoms with Gasteiger partial charge in [-0.1, -0.05) is 12.5 Å². The first-order chi connectivity index (χ1) is 14.3. The van der Waals surface area contributed by atoms with E-state index in [9.17, 15) is 9.59 Å². The van der Waals surface area contributed by atoms with Gasteiger partial charge >= 0.3 is 6.09 Å². The number of benzene rings is 1. The van der Waals surface area contributed by atoms with Gasteiger partial charge in [0.2, 0.25) is 5.91 Å². The number of hydrazone groups is 1. The Hall–Kier alpha value is -3.16. The van der Waals surface area contributed by atoms with E-state index >= 15 is 0 Å². The van der Waals surface area contributed by atoms with Gasteiger partial charge in [0.05, 0.1) is 24.5 Å². The van der Waals surface area contributed by atoms with Gasteiger partial charge in [0.1, 0.15) is 11.4 Å². The lowest BCUT2D eigenvalue weighted by Gasteiger charge is -2.19. The zero-order valence-corrected chi connectivity index (χ0v) is 18.0. The molecular weight excluding hydrogens is 384 g/mol. The van der Waals surface area contributed by atoms with Crippen LogP contribution in [0.5, 0.6) is 5.75 Å². The summed E-state index contributed by atoms with van der Waals surface area (Å²) < 4.78 is 10.4. The second-order valence-corrected chi connectivity index (χ2v) is 7.83. The highest BCUT2D eigenvalue weighted by Crippen LogP contribution is 2.19. The third kappa shape index (κ3) is 8.46. The van der Waals surface area contributed by atoms with Crippen molar-refractivity contribution >= 4 is 29.1 Å². The van der Waals surface area contributed by atoms with Crippen LogP contribution < -0.4 is 15.5 Å². The van der Waals surface area contributed by atoms with Gasteiger partial charge in [0.15, 0.2) is 0 Å². The molecule has 30 heavy (non-hydrogen) atoms. The number of methoxy groups -OCH3 is 1. The Morgan fingerprint density at radius 1 is 1.13 bits per heavy atom. The number of pyridine rings is 1. The number of unbranched alkanes of at least 4 members (excludes halogenated alkanes) is 2. The molecule has 0 aliphatic rings. The van der Waals surface area contributed by atoms with E-state index in [1.54, 1.807) is 7.11 Å². The van der Waals surface area contributed by atoms with Crippen LogP contribution in [0.25, 0.3) is 10.9 Å². The topological polar surface area (TPSA) is 102 Å². The molecule has 0 atom stereocenters. The summed E-state index contributed by atoms with van der Waals surface area (Å²) in [5, 5.41) is 7.64. The third-order valence-electron chi connectivity index (χ3n) is 4.05. The molecule has 1 aromatic carbocycles. The molecule has 8 heteroatoms. The SMILES string of the molecule is COc1ccc2nc(/C=N\NC(=O)CCCCCNC(=O)OC(C)(C)C)ccc2c1. The van der Waals surface area contributed by atoms with Gasteiger partial charge in [-0.2, -0.15) is 5.10 Å². The Morgan fingerprint density at radius 2 is 1.93 bits per heavy atom. The molecule has 1 aromatic heterocycles. The maximum absolute atomic E-state index is 11.9. The fraction of sp³-hybridized carbons (Fsp3) is 0.455. The first-order valence-electron chi connectivity index (χ1n) is 10.0. The molecule has 2 rings (SSSR count). The van der Waals surface area contributed by atoms with E-state index in [4.69, 9.17) is 9.47 Å². The van der Waals surface area contributed by atoms with E-state index in [0.717, 1.165) is 29.5 Å². The van der Waals surface area contributed by atoms with E-state index in [1.165, 1.54) is 6.21 Å². The Bertz CT molecular complexity index is 890. The third-order valence-corrected chi connectivity index (χ3v) is 4.05. The van der Waals surface area contributed by atoms with Gasteiger partial charge in [0, 0.05) is 18.4 Å². The van der Waals surface area contributed by atoms with Crippen molar-refractivity contribution in [3.8, 4) is 5.75 Å². The van der Waals surface area contributed by atoms with E-state index in [-0.39, 0.29) is 5.91 Å². The number of rotatable bonds is 9. The Kier molecular flexibility index (Phi) is 8.58. The molecule has 0 unspecified atom stereocenters. The van der Waals surface area contributed by atoms with Crippen molar-refractivity contribution in [2.75, 3.05) is 13.7 Å². The molecule has 162 valence electrons. The smallest absolute Gasteiger partial charge is 0.407 e. The summed E-state index contributed by atoms with van der Waals surface area (Å²) in [6, 6.07) is 9.39. The molecule has 8 nitrogen and oxygen atoms in total. The number of carbonyl (C=O) groups is 2. The lowest BCUT2D eigenvalue weighted by molar-refractivity contribution is -0.121. The van der Waals surface area contributed by atoms with Gasteiger partial charge in [-0.25, -0.2) is 15.2 Å². The summed E-state index contributed by atoms with van der Waals surface area (Å²) in [4.78, 5) is 27.9. The highest BCUT2D eigenvalue weighted by Gasteiger charge is 2.15. The molecule has 0 aliphatic heterocycles. The van der Waals surface area contributed by atoms with Gasteiger partial charge in [-0.3, -0.25) is 4.79 Å². The normalized spacial score (nSPS) is 11.5. The lowest BCUT2D eigenvalue weighted by atomic mass is 10.2. The van der Waals surface area contributed by atoms with Crippen LogP contribution in [-0.4, -0.2) is 42.5 Å². The Morgan fingerprint density at radius 3 is 2.67 bits per heavy atom. The largest absolute Gasteiger partial charge is 0.497 e. The average Bonchev–Trinajstić information content (AvgIpc) is 2.68. The van der Waals surface area contributed by atoms with Crippen LogP contribution >= 0.6 is 0 Å². The maximum atomic E-state index is 11.9. The molecule has 2 aromatic rings. The summed E-state index contributed by atoms with van der Waals surface area (Å²) in [7, 11) is 1.62. The van der Waals surface area contributed by atoms with Crippen molar-refractivity contribution in [2.24, 2.45) is 5.10 Å². The zero-order valence-electron chi connectivity index (χ0n) is 18.0. The summed E-state index contributed by atoms with van der Waals surface area (Å²) in [5.74, 6) is 0.621. The number of aromatic nitrogens is 1. The van der Waals surface area contributed by atoms with Crippen molar-refractivity contribution in [3.05, 3.63) is 36.0 Å². The fourth-order valence-electron chi connectivity index (χ4n) is 2.64. The van der Waals surface area contributed by atoms with Crippen molar-refractivity contribution in [1.29, 1.82) is 0 Å². The van der Waals surface area contributed by atoms with Crippen LogP contribution in [0, 0.1) is 0 Å². The molecule has 0 aliphatic carbocycles. The monoisotopic (exact) mass is 414 g/mol. The summed E-state index contributed by atoms with van der Waals surface area (Å²) in [6.45, 7) is 5.98. The molecule has 0 fully saturated rings. The number of nitrogens with one attached hydrogen (secondary N) is 2. The molecule has 0 radical (unpaired) electrons. The van der Waals surface area contributed by atoms with E-state index in [1.807, 2.05) is 51.1 Å². The highest BCUT2D eigenvalue weighted by atomic mass is 16.6. The second kappa shape index (κ2) is 11.1. The van der Waals surface area contributed by atoms with E-state index < -0.39 is 11.7 Å². The van der Waals surface area contributed by atoms with Crippen LogP contribution in [0.3, 0.4) is 0 Å². The molecule has 2 amide bonds. The number of nitrogens with zero attached hydrogens (tertiary/aromatic N) is 2. The summed E-state index contributed by atoms with van der Waals surface area (Å²) in [6.07, 6.45) is 3.79. The van der Waals surface area contributed by atoms with Crippen LogP contribution in [0.15, 0.2) is 35.4 Å². The van der Waals surface area contributed by atoms with Gasteiger partial charge < -0.3 is 14.8 Å². The predicted molar refractivity (Wildman–Crippen MR) is 117 cm³/mol. The minimum absolute atomic E-state index is 0.156. The van der Waals surface area contributed by atoms with Gasteiger partial charge in [-0.05, 0) is 57.9 Å². The van der Waals surface area contributed by atoms with Crippen LogP contribution in [0.4, 0.5) is 4.79 Å². The number of carbonyl (C=O) groups excluding carboxylic acids is 2. The van der Waals surface area contributed by atoms with Crippen LogP contribution in [-0.2, 0) is 9.53 Å². The summed E-state index contributed by atoms with van der Waals surface area (Å²) >= 11 is 0. The minimum Gasteiger partial charge on any atom is -0.497 e. The number of fused-ring (bicyclic) bond motifs is 1. The average molecular weight is 415 g/mol. The molecule has 0 spiro atoms. The first kappa shape index (κ1) is 23.1. The number of hydrogen-bond acceptors (Lipinski definition) is 6. The van der Waals surface area contributed by atoms with Gasteiger partial charge in [-0.15, -0.1) is 0 Å². The van der Waals surface area contributed by atoms with Gasteiger partial charge in [0.25, 0.3) is 0 Å². The maximum Gasteiger partial charge on any atom is 0.407 e. The van der Waals surface area contributed by atoms with Crippen molar-refractivity contribution in [2.45, 2.75) is 52.1 Å². The predicted octanol–water partition coefficient (Wildman–Crippen LogP) is 3.78. The lowest BCUT2D eigenvalue weighted by Crippen LogP contribution is -2.33. The molecule has 2 N–H and O–H groups in total. The fourth-order valence-corrected chi connectivity index (χ4v) is 2.64. The quantitative estimate of drug-likeness (QED) is 0.369. The highest BCUT2D eigenvalue weighted by molar-refractivity contribution is 5.86. The van der Waals surface area contributed by atoms with Crippen molar-refractivity contribution < 1.29 is 19.1 Å². The number of hydrogen-bond donors (Lipinski definition) is 2. The Balaban J connectivity index is 1.64. The molecule has 0 bridgehead atoms. The number of ether oxygens (including phenoxy) is 2. The molecule has 0 saturated carbocycles. The van der Waals surface area contributed by atoms with E-state index in [0.29, 0.717) is 25.1 Å². The van der Waals surface area contributed by atoms with Crippen LogP contribution in [0.2, 0.25) is 0 Å². The van der Waals surface area contributed by atoms with Crippen molar-refractivity contribution in [3.63, 3.8) is 0 Å². The minimum atomic E-state index is -0.501. The molecule has 1 heterocycles. The number of amides is 2. The second-order valence-electron chi connectivity index (χ2n) is 7.83.